The second-order valence-corrected chi connectivity index (χ2v) is 5.36. The first-order valence-electron chi connectivity index (χ1n) is 7.51. The van der Waals surface area contributed by atoms with E-state index >= 15 is 0 Å². The zero-order chi connectivity index (χ0) is 15.1. The molecule has 2 rings (SSSR count). The molecule has 0 bridgehead atoms. The van der Waals surface area contributed by atoms with Crippen molar-refractivity contribution in [2.45, 2.75) is 38.1 Å². The first-order chi connectivity index (χ1) is 10.2. The molecule has 5 heteroatoms. The summed E-state index contributed by atoms with van der Waals surface area (Å²) in [5.41, 5.74) is 1.05. The first-order valence-corrected chi connectivity index (χ1v) is 7.51. The van der Waals surface area contributed by atoms with E-state index in [2.05, 4.69) is 10.6 Å². The number of rotatable bonds is 5. The standard InChI is InChI=1S/C16H22N2O3/c19-15(14-8-2-1-5-10-17-14)18-11-9-12-6-3-4-7-13(12)16(20)21/h3-4,6-7,14,17H,1-2,5,8-11H2,(H,18,19)(H,20,21). The predicted molar refractivity (Wildman–Crippen MR) is 80.4 cm³/mol. The number of carboxylic acid groups (broad SMARTS) is 1. The van der Waals surface area contributed by atoms with Crippen molar-refractivity contribution < 1.29 is 14.7 Å². The normalized spacial score (nSPS) is 18.8. The van der Waals surface area contributed by atoms with Crippen molar-refractivity contribution in [3.05, 3.63) is 35.4 Å². The van der Waals surface area contributed by atoms with Gasteiger partial charge in [-0.1, -0.05) is 31.0 Å². The number of nitrogens with one attached hydrogen (secondary N) is 2. The lowest BCUT2D eigenvalue weighted by Crippen LogP contribution is -2.44. The average molecular weight is 290 g/mol. The number of hydrogen-bond acceptors (Lipinski definition) is 3. The van der Waals surface area contributed by atoms with Gasteiger partial charge in [-0.15, -0.1) is 0 Å². The summed E-state index contributed by atoms with van der Waals surface area (Å²) in [6.45, 7) is 1.35. The molecule has 1 saturated heterocycles. The highest BCUT2D eigenvalue weighted by atomic mass is 16.4. The molecule has 1 aromatic rings. The van der Waals surface area contributed by atoms with Gasteiger partial charge in [-0.2, -0.15) is 0 Å². The molecule has 1 amide bonds. The molecule has 1 aromatic carbocycles. The third-order valence-corrected chi connectivity index (χ3v) is 3.82. The van der Waals surface area contributed by atoms with Crippen LogP contribution < -0.4 is 10.6 Å². The lowest BCUT2D eigenvalue weighted by Gasteiger charge is -2.15. The Bertz CT molecular complexity index is 494. The van der Waals surface area contributed by atoms with E-state index in [0.29, 0.717) is 18.5 Å². The summed E-state index contributed by atoms with van der Waals surface area (Å²) in [5.74, 6) is -0.910. The van der Waals surface area contributed by atoms with Crippen LogP contribution in [0.4, 0.5) is 0 Å². The maximum Gasteiger partial charge on any atom is 0.335 e. The van der Waals surface area contributed by atoms with Crippen molar-refractivity contribution in [2.75, 3.05) is 13.1 Å². The van der Waals surface area contributed by atoms with Crippen LogP contribution in [-0.2, 0) is 11.2 Å². The van der Waals surface area contributed by atoms with Crippen LogP contribution in [0.25, 0.3) is 0 Å². The van der Waals surface area contributed by atoms with E-state index < -0.39 is 5.97 Å². The highest BCUT2D eigenvalue weighted by Crippen LogP contribution is 2.10. The van der Waals surface area contributed by atoms with Gasteiger partial charge >= 0.3 is 5.97 Å². The van der Waals surface area contributed by atoms with Gasteiger partial charge in [0, 0.05) is 6.54 Å². The maximum atomic E-state index is 12.1. The first kappa shape index (κ1) is 15.5. The molecule has 1 aliphatic heterocycles. The van der Waals surface area contributed by atoms with Crippen LogP contribution in [0.2, 0.25) is 0 Å². The van der Waals surface area contributed by atoms with Gasteiger partial charge in [-0.3, -0.25) is 4.79 Å². The highest BCUT2D eigenvalue weighted by Gasteiger charge is 2.19. The van der Waals surface area contributed by atoms with Crippen LogP contribution in [0.1, 0.15) is 41.6 Å². The lowest BCUT2D eigenvalue weighted by molar-refractivity contribution is -0.123. The van der Waals surface area contributed by atoms with Gasteiger partial charge < -0.3 is 15.7 Å². The Balaban J connectivity index is 1.83. The van der Waals surface area contributed by atoms with E-state index in [1.807, 2.05) is 6.07 Å². The summed E-state index contributed by atoms with van der Waals surface area (Å²) in [6.07, 6.45) is 4.77. The van der Waals surface area contributed by atoms with Gasteiger partial charge in [-0.05, 0) is 37.4 Å². The highest BCUT2D eigenvalue weighted by molar-refractivity contribution is 5.89. The Labute approximate surface area is 124 Å². The third-order valence-electron chi connectivity index (χ3n) is 3.82. The molecule has 1 unspecified atom stereocenters. The summed E-state index contributed by atoms with van der Waals surface area (Å²) < 4.78 is 0. The van der Waals surface area contributed by atoms with E-state index in [4.69, 9.17) is 5.11 Å². The van der Waals surface area contributed by atoms with E-state index in [9.17, 15) is 9.59 Å². The second-order valence-electron chi connectivity index (χ2n) is 5.36. The van der Waals surface area contributed by atoms with Gasteiger partial charge in [0.25, 0.3) is 0 Å². The molecule has 0 spiro atoms. The van der Waals surface area contributed by atoms with E-state index in [1.165, 1.54) is 6.42 Å². The molecule has 21 heavy (non-hydrogen) atoms. The van der Waals surface area contributed by atoms with Crippen molar-refractivity contribution in [3.8, 4) is 0 Å². The van der Waals surface area contributed by atoms with E-state index in [1.54, 1.807) is 18.2 Å². The number of hydrogen-bond donors (Lipinski definition) is 3. The minimum atomic E-state index is -0.928. The molecule has 1 atom stereocenters. The van der Waals surface area contributed by atoms with Crippen LogP contribution in [0.15, 0.2) is 24.3 Å². The maximum absolute atomic E-state index is 12.1. The summed E-state index contributed by atoms with van der Waals surface area (Å²) >= 11 is 0. The van der Waals surface area contributed by atoms with Crippen LogP contribution in [0.5, 0.6) is 0 Å². The Morgan fingerprint density at radius 2 is 2.05 bits per heavy atom. The zero-order valence-electron chi connectivity index (χ0n) is 12.1. The summed E-state index contributed by atoms with van der Waals surface area (Å²) in [5, 5.41) is 15.3. The Morgan fingerprint density at radius 3 is 2.86 bits per heavy atom. The van der Waals surface area contributed by atoms with Crippen molar-refractivity contribution in [1.29, 1.82) is 0 Å². The lowest BCUT2D eigenvalue weighted by atomic mass is 10.0. The van der Waals surface area contributed by atoms with Crippen molar-refractivity contribution in [1.82, 2.24) is 10.6 Å². The fourth-order valence-corrected chi connectivity index (χ4v) is 2.64. The number of aromatic carboxylic acids is 1. The molecule has 1 aliphatic rings. The molecule has 0 radical (unpaired) electrons. The minimum Gasteiger partial charge on any atom is -0.478 e. The van der Waals surface area contributed by atoms with Crippen LogP contribution in [0, 0.1) is 0 Å². The predicted octanol–water partition coefficient (Wildman–Crippen LogP) is 1.58. The molecule has 5 nitrogen and oxygen atoms in total. The quantitative estimate of drug-likeness (QED) is 0.769. The molecule has 1 heterocycles. The van der Waals surface area contributed by atoms with Crippen molar-refractivity contribution in [3.63, 3.8) is 0 Å². The minimum absolute atomic E-state index is 0.0182. The van der Waals surface area contributed by atoms with Gasteiger partial charge in [0.05, 0.1) is 11.6 Å². The molecule has 114 valence electrons. The summed E-state index contributed by atoms with van der Waals surface area (Å²) in [6, 6.07) is 6.80. The van der Waals surface area contributed by atoms with Gasteiger partial charge in [0.1, 0.15) is 0 Å². The van der Waals surface area contributed by atoms with Gasteiger partial charge in [0.15, 0.2) is 0 Å². The van der Waals surface area contributed by atoms with Crippen molar-refractivity contribution in [2.24, 2.45) is 0 Å². The number of carbonyl (C=O) groups excluding carboxylic acids is 1. The molecule has 0 aromatic heterocycles. The van der Waals surface area contributed by atoms with Gasteiger partial charge in [-0.25, -0.2) is 4.79 Å². The number of carboxylic acids is 1. The average Bonchev–Trinajstić information content (AvgIpc) is 2.76. The Hall–Kier alpha value is -1.88. The van der Waals surface area contributed by atoms with Gasteiger partial charge in [0.2, 0.25) is 5.91 Å². The summed E-state index contributed by atoms with van der Waals surface area (Å²) in [4.78, 5) is 23.2. The summed E-state index contributed by atoms with van der Waals surface area (Å²) in [7, 11) is 0. The second kappa shape index (κ2) is 7.78. The molecular weight excluding hydrogens is 268 g/mol. The molecule has 3 N–H and O–H groups in total. The van der Waals surface area contributed by atoms with Crippen LogP contribution in [-0.4, -0.2) is 36.1 Å². The fraction of sp³-hybridized carbons (Fsp3) is 0.500. The monoisotopic (exact) mass is 290 g/mol. The Kier molecular flexibility index (Phi) is 5.75. The largest absolute Gasteiger partial charge is 0.478 e. The molecular formula is C16H22N2O3. The zero-order valence-corrected chi connectivity index (χ0v) is 12.1. The molecule has 0 saturated carbocycles. The molecule has 1 fully saturated rings. The Morgan fingerprint density at radius 1 is 1.24 bits per heavy atom. The van der Waals surface area contributed by atoms with E-state index in [0.717, 1.165) is 31.4 Å². The number of carbonyl (C=O) groups is 2. The third kappa shape index (κ3) is 4.56. The van der Waals surface area contributed by atoms with Crippen molar-refractivity contribution >= 4 is 11.9 Å². The van der Waals surface area contributed by atoms with Crippen LogP contribution >= 0.6 is 0 Å². The number of benzene rings is 1. The SMILES string of the molecule is O=C(O)c1ccccc1CCNC(=O)C1CCCCCN1. The number of amides is 1. The molecule has 0 aliphatic carbocycles. The van der Waals surface area contributed by atoms with Crippen LogP contribution in [0.3, 0.4) is 0 Å². The topological polar surface area (TPSA) is 78.4 Å². The fourth-order valence-electron chi connectivity index (χ4n) is 2.64. The smallest absolute Gasteiger partial charge is 0.335 e. The van der Waals surface area contributed by atoms with E-state index in [-0.39, 0.29) is 11.9 Å².